The standard InChI is InChI=1S/C20H24N4O4S/c1-28-17-4-2-3-15(11-17)12-24-13-16-6-9-23(10-7-19(16)29(24,26)27)20(25)18-5-8-21-14-22-18/h2-5,8,11,14,16,19H,6-7,9-10,12-13H2,1H3/t16-,19-/m0/s1. The zero-order chi connectivity index (χ0) is 20.4. The summed E-state index contributed by atoms with van der Waals surface area (Å²) in [5.74, 6) is 0.569. The highest BCUT2D eigenvalue weighted by Crippen LogP contribution is 2.35. The van der Waals surface area contributed by atoms with Gasteiger partial charge in [-0.3, -0.25) is 4.79 Å². The van der Waals surface area contributed by atoms with Crippen LogP contribution in [0.3, 0.4) is 0 Å². The molecule has 2 aliphatic heterocycles. The van der Waals surface area contributed by atoms with Crippen molar-refractivity contribution in [1.29, 1.82) is 0 Å². The van der Waals surface area contributed by atoms with Crippen LogP contribution in [0.2, 0.25) is 0 Å². The van der Waals surface area contributed by atoms with Gasteiger partial charge in [0.15, 0.2) is 0 Å². The van der Waals surface area contributed by atoms with Crippen LogP contribution >= 0.6 is 0 Å². The molecule has 2 aromatic rings. The van der Waals surface area contributed by atoms with Gasteiger partial charge >= 0.3 is 0 Å². The number of methoxy groups -OCH3 is 1. The summed E-state index contributed by atoms with van der Waals surface area (Å²) >= 11 is 0. The molecule has 2 aliphatic rings. The quantitative estimate of drug-likeness (QED) is 0.751. The first-order valence-corrected chi connectivity index (χ1v) is 11.2. The van der Waals surface area contributed by atoms with Crippen LogP contribution in [0.1, 0.15) is 28.9 Å². The summed E-state index contributed by atoms with van der Waals surface area (Å²) < 4.78 is 33.1. The Kier molecular flexibility index (Phi) is 5.51. The highest BCUT2D eigenvalue weighted by Gasteiger charge is 2.47. The fourth-order valence-corrected chi connectivity index (χ4v) is 6.43. The van der Waals surface area contributed by atoms with Gasteiger partial charge in [-0.05, 0) is 42.5 Å². The molecule has 3 heterocycles. The lowest BCUT2D eigenvalue weighted by Crippen LogP contribution is -2.35. The van der Waals surface area contributed by atoms with Crippen molar-refractivity contribution in [1.82, 2.24) is 19.2 Å². The molecule has 0 radical (unpaired) electrons. The Morgan fingerprint density at radius 3 is 2.83 bits per heavy atom. The Morgan fingerprint density at radius 1 is 1.24 bits per heavy atom. The van der Waals surface area contributed by atoms with Crippen LogP contribution in [0.25, 0.3) is 0 Å². The molecular formula is C20H24N4O4S. The van der Waals surface area contributed by atoms with E-state index in [1.807, 2.05) is 24.3 Å². The molecule has 29 heavy (non-hydrogen) atoms. The van der Waals surface area contributed by atoms with Gasteiger partial charge < -0.3 is 9.64 Å². The molecule has 0 aliphatic carbocycles. The van der Waals surface area contributed by atoms with Crippen LogP contribution in [0.5, 0.6) is 5.75 Å². The molecule has 1 aromatic carbocycles. The van der Waals surface area contributed by atoms with Gasteiger partial charge in [0, 0.05) is 32.4 Å². The van der Waals surface area contributed by atoms with Crippen molar-refractivity contribution in [3.8, 4) is 5.75 Å². The molecule has 1 aromatic heterocycles. The van der Waals surface area contributed by atoms with Crippen molar-refractivity contribution in [3.63, 3.8) is 0 Å². The zero-order valence-corrected chi connectivity index (χ0v) is 17.1. The predicted octanol–water partition coefficient (Wildman–Crippen LogP) is 1.55. The number of likely N-dealkylation sites (tertiary alicyclic amines) is 1. The van der Waals surface area contributed by atoms with Crippen molar-refractivity contribution in [2.75, 3.05) is 26.7 Å². The van der Waals surface area contributed by atoms with Crippen molar-refractivity contribution in [3.05, 3.63) is 54.1 Å². The fourth-order valence-electron chi connectivity index (χ4n) is 4.21. The zero-order valence-electron chi connectivity index (χ0n) is 16.3. The van der Waals surface area contributed by atoms with E-state index in [2.05, 4.69) is 9.97 Å². The molecule has 2 atom stereocenters. The normalized spacial score (nSPS) is 24.0. The van der Waals surface area contributed by atoms with Crippen LogP contribution in [-0.4, -0.2) is 65.5 Å². The molecule has 0 spiro atoms. The van der Waals surface area contributed by atoms with E-state index in [9.17, 15) is 13.2 Å². The van der Waals surface area contributed by atoms with Crippen molar-refractivity contribution < 1.29 is 17.9 Å². The second kappa shape index (κ2) is 8.08. The maximum absolute atomic E-state index is 13.2. The van der Waals surface area contributed by atoms with Crippen LogP contribution < -0.4 is 4.74 Å². The van der Waals surface area contributed by atoms with E-state index in [4.69, 9.17) is 4.74 Å². The summed E-state index contributed by atoms with van der Waals surface area (Å²) in [5, 5.41) is -0.448. The number of hydrogen-bond acceptors (Lipinski definition) is 6. The first-order chi connectivity index (χ1) is 14.0. The first kappa shape index (κ1) is 19.8. The fraction of sp³-hybridized carbons (Fsp3) is 0.450. The third-order valence-electron chi connectivity index (χ3n) is 5.74. The molecule has 2 saturated heterocycles. The average Bonchev–Trinajstić information content (AvgIpc) is 2.88. The lowest BCUT2D eigenvalue weighted by Gasteiger charge is -2.22. The molecule has 0 bridgehead atoms. The first-order valence-electron chi connectivity index (χ1n) is 9.66. The molecule has 0 unspecified atom stereocenters. The van der Waals surface area contributed by atoms with Gasteiger partial charge in [0.05, 0.1) is 12.4 Å². The highest BCUT2D eigenvalue weighted by molar-refractivity contribution is 7.90. The Morgan fingerprint density at radius 2 is 2.07 bits per heavy atom. The van der Waals surface area contributed by atoms with Gasteiger partial charge in [-0.15, -0.1) is 0 Å². The van der Waals surface area contributed by atoms with E-state index in [0.29, 0.717) is 50.5 Å². The van der Waals surface area contributed by atoms with E-state index in [-0.39, 0.29) is 11.8 Å². The number of aromatic nitrogens is 2. The Hall–Kier alpha value is -2.52. The second-order valence-corrected chi connectivity index (χ2v) is 9.60. The number of carbonyl (C=O) groups excluding carboxylic acids is 1. The average molecular weight is 417 g/mol. The second-order valence-electron chi connectivity index (χ2n) is 7.45. The predicted molar refractivity (Wildman–Crippen MR) is 107 cm³/mol. The monoisotopic (exact) mass is 416 g/mol. The summed E-state index contributed by atoms with van der Waals surface area (Å²) in [6.07, 6.45) is 3.99. The van der Waals surface area contributed by atoms with E-state index in [1.165, 1.54) is 12.5 Å². The Balaban J connectivity index is 1.46. The van der Waals surface area contributed by atoms with Crippen molar-refractivity contribution >= 4 is 15.9 Å². The molecule has 0 N–H and O–H groups in total. The molecule has 4 rings (SSSR count). The molecule has 0 saturated carbocycles. The summed E-state index contributed by atoms with van der Waals surface area (Å²) in [5.41, 5.74) is 1.25. The van der Waals surface area contributed by atoms with Gasteiger partial charge in [-0.25, -0.2) is 18.4 Å². The van der Waals surface area contributed by atoms with E-state index in [1.54, 1.807) is 22.4 Å². The number of benzene rings is 1. The van der Waals surface area contributed by atoms with Crippen LogP contribution in [0.15, 0.2) is 42.9 Å². The van der Waals surface area contributed by atoms with Crippen LogP contribution in [-0.2, 0) is 16.6 Å². The largest absolute Gasteiger partial charge is 0.497 e. The number of rotatable bonds is 4. The third kappa shape index (κ3) is 3.97. The van der Waals surface area contributed by atoms with Gasteiger partial charge in [-0.1, -0.05) is 12.1 Å². The van der Waals surface area contributed by atoms with E-state index in [0.717, 1.165) is 5.56 Å². The molecule has 154 valence electrons. The highest BCUT2D eigenvalue weighted by atomic mass is 32.2. The van der Waals surface area contributed by atoms with E-state index < -0.39 is 15.3 Å². The smallest absolute Gasteiger partial charge is 0.272 e. The number of carbonyl (C=O) groups is 1. The summed E-state index contributed by atoms with van der Waals surface area (Å²) in [6, 6.07) is 9.07. The minimum atomic E-state index is -3.41. The minimum absolute atomic E-state index is 0.0220. The van der Waals surface area contributed by atoms with Crippen LogP contribution in [0.4, 0.5) is 0 Å². The number of amides is 1. The number of nitrogens with zero attached hydrogens (tertiary/aromatic N) is 4. The number of ether oxygens (including phenoxy) is 1. The molecule has 9 heteroatoms. The lowest BCUT2D eigenvalue weighted by molar-refractivity contribution is 0.0753. The molecule has 8 nitrogen and oxygen atoms in total. The molecular weight excluding hydrogens is 392 g/mol. The maximum Gasteiger partial charge on any atom is 0.272 e. The number of fused-ring (bicyclic) bond motifs is 1. The van der Waals surface area contributed by atoms with Crippen molar-refractivity contribution in [2.45, 2.75) is 24.6 Å². The third-order valence-corrected chi connectivity index (χ3v) is 8.12. The molecule has 1 amide bonds. The van der Waals surface area contributed by atoms with E-state index >= 15 is 0 Å². The SMILES string of the molecule is COc1cccc(CN2C[C@@H]3CCN(C(=O)c4ccncn4)CC[C@@H]3S2(=O)=O)c1. The molecule has 2 fully saturated rings. The number of sulfonamides is 1. The van der Waals surface area contributed by atoms with Crippen LogP contribution in [0, 0.1) is 5.92 Å². The van der Waals surface area contributed by atoms with Crippen molar-refractivity contribution in [2.24, 2.45) is 5.92 Å². The summed E-state index contributed by atoms with van der Waals surface area (Å²) in [7, 11) is -1.82. The minimum Gasteiger partial charge on any atom is -0.497 e. The van der Waals surface area contributed by atoms with Gasteiger partial charge in [-0.2, -0.15) is 4.31 Å². The van der Waals surface area contributed by atoms with Gasteiger partial charge in [0.25, 0.3) is 5.91 Å². The maximum atomic E-state index is 13.2. The topological polar surface area (TPSA) is 92.7 Å². The summed E-state index contributed by atoms with van der Waals surface area (Å²) in [6.45, 7) is 1.78. The summed E-state index contributed by atoms with van der Waals surface area (Å²) in [4.78, 5) is 22.2. The van der Waals surface area contributed by atoms with Gasteiger partial charge in [0.1, 0.15) is 17.8 Å². The number of hydrogen-bond donors (Lipinski definition) is 0. The Bertz CT molecular complexity index is 983. The lowest BCUT2D eigenvalue weighted by atomic mass is 10.0. The van der Waals surface area contributed by atoms with Gasteiger partial charge in [0.2, 0.25) is 10.0 Å². The Labute approximate surface area is 170 Å².